The van der Waals surface area contributed by atoms with E-state index < -0.39 is 0 Å². The van der Waals surface area contributed by atoms with Crippen LogP contribution in [-0.2, 0) is 0 Å². The van der Waals surface area contributed by atoms with Crippen LogP contribution < -0.4 is 10.6 Å². The zero-order valence-electron chi connectivity index (χ0n) is 13.5. The van der Waals surface area contributed by atoms with E-state index in [-0.39, 0.29) is 11.8 Å². The molecule has 130 valence electrons. The fourth-order valence-electron chi connectivity index (χ4n) is 2.38. The fraction of sp³-hybridized carbons (Fsp3) is 0. The zero-order chi connectivity index (χ0) is 18.5. The van der Waals surface area contributed by atoms with Crippen LogP contribution in [0.25, 0.3) is 0 Å². The summed E-state index contributed by atoms with van der Waals surface area (Å²) in [6, 6.07) is 20.8. The number of amides is 2. The largest absolute Gasteiger partial charge is 0.321 e. The van der Waals surface area contributed by atoms with E-state index in [2.05, 4.69) is 26.6 Å². The summed E-state index contributed by atoms with van der Waals surface area (Å²) >= 11 is 9.46. The van der Waals surface area contributed by atoms with Gasteiger partial charge in [-0.05, 0) is 52.3 Å². The van der Waals surface area contributed by atoms with Crippen molar-refractivity contribution in [2.75, 3.05) is 10.6 Å². The Bertz CT molecular complexity index is 975. The summed E-state index contributed by atoms with van der Waals surface area (Å²) in [5, 5.41) is 5.93. The average molecular weight is 430 g/mol. The lowest BCUT2D eigenvalue weighted by atomic mass is 10.1. The molecule has 0 unspecified atom stereocenters. The van der Waals surface area contributed by atoms with E-state index in [9.17, 15) is 9.59 Å². The van der Waals surface area contributed by atoms with Crippen molar-refractivity contribution in [3.05, 3.63) is 93.4 Å². The first-order valence-electron chi connectivity index (χ1n) is 7.77. The molecule has 6 heteroatoms. The summed E-state index contributed by atoms with van der Waals surface area (Å²) in [5.41, 5.74) is 1.74. The van der Waals surface area contributed by atoms with E-state index in [1.54, 1.807) is 54.6 Å². The van der Waals surface area contributed by atoms with Crippen LogP contribution in [0, 0.1) is 0 Å². The molecule has 0 aromatic heterocycles. The number of hydrogen-bond acceptors (Lipinski definition) is 2. The molecule has 26 heavy (non-hydrogen) atoms. The number of rotatable bonds is 4. The van der Waals surface area contributed by atoms with E-state index in [4.69, 9.17) is 11.6 Å². The number of nitrogens with one attached hydrogen (secondary N) is 2. The highest BCUT2D eigenvalue weighted by atomic mass is 79.9. The van der Waals surface area contributed by atoms with Gasteiger partial charge >= 0.3 is 0 Å². The third kappa shape index (κ3) is 4.12. The molecular weight excluding hydrogens is 416 g/mol. The maximum atomic E-state index is 12.7. The lowest BCUT2D eigenvalue weighted by molar-refractivity contribution is 0.102. The highest BCUT2D eigenvalue weighted by Gasteiger charge is 2.16. The maximum Gasteiger partial charge on any atom is 0.257 e. The van der Waals surface area contributed by atoms with Crippen LogP contribution in [0.2, 0.25) is 5.02 Å². The first kappa shape index (κ1) is 18.2. The van der Waals surface area contributed by atoms with E-state index in [0.29, 0.717) is 27.5 Å². The van der Waals surface area contributed by atoms with Gasteiger partial charge in [0, 0.05) is 4.47 Å². The minimum atomic E-state index is -0.378. The van der Waals surface area contributed by atoms with E-state index in [0.717, 1.165) is 4.47 Å². The number of para-hydroxylation sites is 2. The molecule has 0 aliphatic heterocycles. The van der Waals surface area contributed by atoms with Crippen LogP contribution in [-0.4, -0.2) is 11.8 Å². The molecule has 2 N–H and O–H groups in total. The van der Waals surface area contributed by atoms with Gasteiger partial charge in [0.1, 0.15) is 0 Å². The SMILES string of the molecule is O=C(Nc1ccccc1C(=O)Nc1ccccc1Br)c1ccccc1Cl. The summed E-state index contributed by atoms with van der Waals surface area (Å²) in [6.45, 7) is 0. The number of benzene rings is 3. The van der Waals surface area contributed by atoms with Gasteiger partial charge < -0.3 is 10.6 Å². The molecule has 0 heterocycles. The van der Waals surface area contributed by atoms with Gasteiger partial charge in [0.25, 0.3) is 11.8 Å². The van der Waals surface area contributed by atoms with Gasteiger partial charge in [0.2, 0.25) is 0 Å². The van der Waals surface area contributed by atoms with Crippen LogP contribution in [0.3, 0.4) is 0 Å². The second-order valence-electron chi connectivity index (χ2n) is 5.41. The molecule has 4 nitrogen and oxygen atoms in total. The average Bonchev–Trinajstić information content (AvgIpc) is 2.64. The summed E-state index contributed by atoms with van der Waals surface area (Å²) in [4.78, 5) is 25.2. The second-order valence-corrected chi connectivity index (χ2v) is 6.68. The Morgan fingerprint density at radius 3 is 1.88 bits per heavy atom. The van der Waals surface area contributed by atoms with Gasteiger partial charge in [0.05, 0.1) is 27.5 Å². The Balaban J connectivity index is 1.84. The van der Waals surface area contributed by atoms with Crippen molar-refractivity contribution in [1.29, 1.82) is 0 Å². The van der Waals surface area contributed by atoms with Crippen LogP contribution in [0.5, 0.6) is 0 Å². The molecule has 3 aromatic rings. The van der Waals surface area contributed by atoms with Gasteiger partial charge in [0.15, 0.2) is 0 Å². The number of carbonyl (C=O) groups is 2. The predicted molar refractivity (Wildman–Crippen MR) is 108 cm³/mol. The van der Waals surface area contributed by atoms with Crippen LogP contribution >= 0.6 is 27.5 Å². The van der Waals surface area contributed by atoms with Gasteiger partial charge in [-0.1, -0.05) is 48.0 Å². The topological polar surface area (TPSA) is 58.2 Å². The van der Waals surface area contributed by atoms with Crippen molar-refractivity contribution in [2.24, 2.45) is 0 Å². The van der Waals surface area contributed by atoms with Crippen molar-refractivity contribution in [1.82, 2.24) is 0 Å². The van der Waals surface area contributed by atoms with E-state index >= 15 is 0 Å². The minimum Gasteiger partial charge on any atom is -0.321 e. The number of anilines is 2. The normalized spacial score (nSPS) is 10.2. The third-order valence-electron chi connectivity index (χ3n) is 3.66. The molecule has 2 amide bonds. The molecule has 3 rings (SSSR count). The minimum absolute atomic E-state index is 0.327. The summed E-state index contributed by atoms with van der Waals surface area (Å²) in [5.74, 6) is -0.705. The molecule has 0 saturated heterocycles. The Labute approximate surface area is 164 Å². The Morgan fingerprint density at radius 2 is 1.19 bits per heavy atom. The number of halogens is 2. The molecule has 0 aliphatic rings. The van der Waals surface area contributed by atoms with Gasteiger partial charge in [-0.15, -0.1) is 0 Å². The molecule has 0 aliphatic carbocycles. The van der Waals surface area contributed by atoms with Crippen molar-refractivity contribution in [3.63, 3.8) is 0 Å². The maximum absolute atomic E-state index is 12.7. The molecule has 0 atom stereocenters. The standard InChI is InChI=1S/C20H14BrClN2O2/c21-15-9-3-6-12-18(15)24-20(26)14-8-2-5-11-17(14)23-19(25)13-7-1-4-10-16(13)22/h1-12H,(H,23,25)(H,24,26). The van der Waals surface area contributed by atoms with Crippen molar-refractivity contribution >= 4 is 50.7 Å². The van der Waals surface area contributed by atoms with E-state index in [1.165, 1.54) is 0 Å². The quantitative estimate of drug-likeness (QED) is 0.566. The zero-order valence-corrected chi connectivity index (χ0v) is 15.8. The molecular formula is C20H14BrClN2O2. The Kier molecular flexibility index (Phi) is 5.71. The monoisotopic (exact) mass is 428 g/mol. The lowest BCUT2D eigenvalue weighted by Gasteiger charge is -2.12. The molecule has 3 aromatic carbocycles. The van der Waals surface area contributed by atoms with Gasteiger partial charge in [-0.2, -0.15) is 0 Å². The van der Waals surface area contributed by atoms with Gasteiger partial charge in [-0.25, -0.2) is 0 Å². The van der Waals surface area contributed by atoms with Crippen LogP contribution in [0.15, 0.2) is 77.3 Å². The molecule has 0 spiro atoms. The molecule has 0 fully saturated rings. The van der Waals surface area contributed by atoms with Crippen molar-refractivity contribution < 1.29 is 9.59 Å². The predicted octanol–water partition coefficient (Wildman–Crippen LogP) is 5.61. The molecule has 0 bridgehead atoms. The summed E-state index contributed by atoms with van der Waals surface area (Å²) < 4.78 is 0.769. The highest BCUT2D eigenvalue weighted by Crippen LogP contribution is 2.24. The lowest BCUT2D eigenvalue weighted by Crippen LogP contribution is -2.18. The van der Waals surface area contributed by atoms with Gasteiger partial charge in [-0.3, -0.25) is 9.59 Å². The summed E-state index contributed by atoms with van der Waals surface area (Å²) in [7, 11) is 0. The first-order chi connectivity index (χ1) is 12.6. The number of carbonyl (C=O) groups excluding carboxylic acids is 2. The van der Waals surface area contributed by atoms with Crippen molar-refractivity contribution in [2.45, 2.75) is 0 Å². The fourth-order valence-corrected chi connectivity index (χ4v) is 2.98. The van der Waals surface area contributed by atoms with Crippen LogP contribution in [0.1, 0.15) is 20.7 Å². The summed E-state index contributed by atoms with van der Waals surface area (Å²) in [6.07, 6.45) is 0. The second kappa shape index (κ2) is 8.17. The Hall–Kier alpha value is -2.63. The Morgan fingerprint density at radius 1 is 0.692 bits per heavy atom. The third-order valence-corrected chi connectivity index (χ3v) is 4.68. The number of hydrogen-bond donors (Lipinski definition) is 2. The van der Waals surface area contributed by atoms with E-state index in [1.807, 2.05) is 18.2 Å². The highest BCUT2D eigenvalue weighted by molar-refractivity contribution is 9.10. The smallest absolute Gasteiger partial charge is 0.257 e. The molecule has 0 saturated carbocycles. The molecule has 0 radical (unpaired) electrons. The first-order valence-corrected chi connectivity index (χ1v) is 8.94. The van der Waals surface area contributed by atoms with Crippen molar-refractivity contribution in [3.8, 4) is 0 Å². The van der Waals surface area contributed by atoms with Crippen LogP contribution in [0.4, 0.5) is 11.4 Å².